The van der Waals surface area contributed by atoms with Gasteiger partial charge in [-0.3, -0.25) is 9.59 Å². The Labute approximate surface area is 164 Å². The zero-order valence-corrected chi connectivity index (χ0v) is 16.0. The van der Waals surface area contributed by atoms with Crippen LogP contribution in [-0.2, 0) is 21.1 Å². The van der Waals surface area contributed by atoms with Crippen molar-refractivity contribution in [3.63, 3.8) is 0 Å². The van der Waals surface area contributed by atoms with Gasteiger partial charge in [-0.15, -0.1) is 0 Å². The van der Waals surface area contributed by atoms with Gasteiger partial charge in [0.1, 0.15) is 4.90 Å². The van der Waals surface area contributed by atoms with Crippen LogP contribution in [0.25, 0.3) is 0 Å². The standard InChI is InChI=1S/C18H15ClF3NO4S/c1-11(23-17(25)18(20,21)22)9-12-5-7-14(8-6-12)28(26,27)16-13(10-24)3-2-4-15(16)19/h2-8,10-11H,9H2,1H3,(H,23,25)/t11-/m1/s1. The largest absolute Gasteiger partial charge is 0.471 e. The molecule has 0 aliphatic heterocycles. The lowest BCUT2D eigenvalue weighted by molar-refractivity contribution is -0.174. The van der Waals surface area contributed by atoms with Crippen LogP contribution in [0.4, 0.5) is 13.2 Å². The molecule has 0 aliphatic rings. The molecule has 0 saturated carbocycles. The normalized spacial score (nSPS) is 13.0. The number of halogens is 4. The molecule has 0 unspecified atom stereocenters. The van der Waals surface area contributed by atoms with Crippen LogP contribution in [0, 0.1) is 0 Å². The van der Waals surface area contributed by atoms with Gasteiger partial charge in [-0.25, -0.2) is 8.42 Å². The van der Waals surface area contributed by atoms with E-state index in [1.165, 1.54) is 49.4 Å². The number of aldehydes is 1. The maximum Gasteiger partial charge on any atom is 0.471 e. The van der Waals surface area contributed by atoms with Gasteiger partial charge < -0.3 is 5.32 Å². The van der Waals surface area contributed by atoms with Crippen LogP contribution < -0.4 is 5.32 Å². The van der Waals surface area contributed by atoms with Crippen LogP contribution in [-0.4, -0.2) is 32.8 Å². The molecule has 0 aliphatic carbocycles. The van der Waals surface area contributed by atoms with Gasteiger partial charge in [-0.1, -0.05) is 35.9 Å². The van der Waals surface area contributed by atoms with E-state index in [4.69, 9.17) is 11.6 Å². The van der Waals surface area contributed by atoms with Gasteiger partial charge >= 0.3 is 12.1 Å². The van der Waals surface area contributed by atoms with Crippen LogP contribution in [0.2, 0.25) is 5.02 Å². The lowest BCUT2D eigenvalue weighted by Gasteiger charge is -2.15. The third-order valence-electron chi connectivity index (χ3n) is 3.80. The van der Waals surface area contributed by atoms with Crippen molar-refractivity contribution in [3.8, 4) is 0 Å². The Morgan fingerprint density at radius 1 is 1.18 bits per heavy atom. The summed E-state index contributed by atoms with van der Waals surface area (Å²) in [5.74, 6) is -2.04. The van der Waals surface area contributed by atoms with E-state index in [0.717, 1.165) is 0 Å². The number of amides is 1. The molecule has 2 aromatic carbocycles. The molecule has 2 aromatic rings. The van der Waals surface area contributed by atoms with Crippen molar-refractivity contribution in [1.29, 1.82) is 0 Å². The first kappa shape index (κ1) is 21.9. The highest BCUT2D eigenvalue weighted by atomic mass is 35.5. The van der Waals surface area contributed by atoms with E-state index in [2.05, 4.69) is 0 Å². The molecule has 0 spiro atoms. The summed E-state index contributed by atoms with van der Waals surface area (Å²) in [5, 5.41) is 1.72. The molecule has 0 heterocycles. The van der Waals surface area contributed by atoms with E-state index < -0.39 is 28.0 Å². The highest BCUT2D eigenvalue weighted by Gasteiger charge is 2.39. The molecule has 1 atom stereocenters. The molecule has 1 N–H and O–H groups in total. The van der Waals surface area contributed by atoms with Crippen LogP contribution in [0.5, 0.6) is 0 Å². The average Bonchev–Trinajstić information content (AvgIpc) is 2.60. The van der Waals surface area contributed by atoms with Crippen LogP contribution in [0.15, 0.2) is 52.3 Å². The molecular formula is C18H15ClF3NO4S. The van der Waals surface area contributed by atoms with Crippen LogP contribution in [0.1, 0.15) is 22.8 Å². The smallest absolute Gasteiger partial charge is 0.345 e. The summed E-state index contributed by atoms with van der Waals surface area (Å²) in [6.45, 7) is 1.40. The van der Waals surface area contributed by atoms with Gasteiger partial charge in [0, 0.05) is 11.6 Å². The van der Waals surface area contributed by atoms with E-state index >= 15 is 0 Å². The summed E-state index contributed by atoms with van der Waals surface area (Å²) in [6, 6.07) is 8.67. The summed E-state index contributed by atoms with van der Waals surface area (Å²) in [6.07, 6.45) is -4.52. The Morgan fingerprint density at radius 2 is 1.79 bits per heavy atom. The Kier molecular flexibility index (Phi) is 6.51. The number of hydrogen-bond donors (Lipinski definition) is 1. The lowest BCUT2D eigenvalue weighted by atomic mass is 10.1. The first-order valence-corrected chi connectivity index (χ1v) is 9.78. The van der Waals surface area contributed by atoms with Gasteiger partial charge in [-0.05, 0) is 37.1 Å². The molecule has 5 nitrogen and oxygen atoms in total. The van der Waals surface area contributed by atoms with E-state index in [1.807, 2.05) is 5.32 Å². The highest BCUT2D eigenvalue weighted by molar-refractivity contribution is 7.91. The molecule has 2 rings (SSSR count). The quantitative estimate of drug-likeness (QED) is 0.706. The number of hydrogen-bond acceptors (Lipinski definition) is 4. The Balaban J connectivity index is 2.23. The Hall–Kier alpha value is -2.39. The minimum atomic E-state index is -4.97. The van der Waals surface area contributed by atoms with E-state index in [0.29, 0.717) is 11.8 Å². The van der Waals surface area contributed by atoms with Crippen molar-refractivity contribution >= 4 is 33.6 Å². The van der Waals surface area contributed by atoms with E-state index in [1.54, 1.807) is 0 Å². The predicted molar refractivity (Wildman–Crippen MR) is 96.1 cm³/mol. The third kappa shape index (κ3) is 4.90. The van der Waals surface area contributed by atoms with E-state index in [9.17, 15) is 31.2 Å². The second-order valence-corrected chi connectivity index (χ2v) is 8.29. The topological polar surface area (TPSA) is 80.3 Å². The van der Waals surface area contributed by atoms with Gasteiger partial charge in [-0.2, -0.15) is 13.2 Å². The summed E-state index contributed by atoms with van der Waals surface area (Å²) in [7, 11) is -4.08. The molecule has 0 bridgehead atoms. The number of sulfone groups is 1. The van der Waals surface area contributed by atoms with Crippen molar-refractivity contribution in [1.82, 2.24) is 5.32 Å². The zero-order chi connectivity index (χ0) is 21.1. The summed E-state index contributed by atoms with van der Waals surface area (Å²) in [5.41, 5.74) is 0.434. The number of carbonyl (C=O) groups is 2. The fraction of sp³-hybridized carbons (Fsp3) is 0.222. The fourth-order valence-electron chi connectivity index (χ4n) is 2.53. The Bertz CT molecular complexity index is 989. The SMILES string of the molecule is C[C@H](Cc1ccc(S(=O)(=O)c2c(Cl)cccc2C=O)cc1)NC(=O)C(F)(F)F. The first-order valence-electron chi connectivity index (χ1n) is 7.92. The van der Waals surface area contributed by atoms with Crippen molar-refractivity contribution in [2.75, 3.05) is 0 Å². The molecule has 1 amide bonds. The second kappa shape index (κ2) is 8.32. The molecule has 0 radical (unpaired) electrons. The van der Waals surface area contributed by atoms with Crippen molar-refractivity contribution < 1.29 is 31.2 Å². The molecule has 28 heavy (non-hydrogen) atoms. The number of rotatable bonds is 6. The summed E-state index contributed by atoms with van der Waals surface area (Å²) >= 11 is 5.96. The average molecular weight is 434 g/mol. The summed E-state index contributed by atoms with van der Waals surface area (Å²) in [4.78, 5) is 21.7. The Morgan fingerprint density at radius 3 is 2.32 bits per heavy atom. The number of benzene rings is 2. The molecule has 0 aromatic heterocycles. The first-order chi connectivity index (χ1) is 13.0. The van der Waals surface area contributed by atoms with Gasteiger partial charge in [0.25, 0.3) is 0 Å². The van der Waals surface area contributed by atoms with Gasteiger partial charge in [0.2, 0.25) is 9.84 Å². The third-order valence-corrected chi connectivity index (χ3v) is 6.12. The molecule has 150 valence electrons. The molecule has 0 fully saturated rings. The molecular weight excluding hydrogens is 419 g/mol. The van der Waals surface area contributed by atoms with Crippen molar-refractivity contribution in [2.24, 2.45) is 0 Å². The second-order valence-electron chi connectivity index (χ2n) is 6.00. The van der Waals surface area contributed by atoms with E-state index in [-0.39, 0.29) is 26.8 Å². The van der Waals surface area contributed by atoms with Crippen molar-refractivity contribution in [3.05, 3.63) is 58.6 Å². The highest BCUT2D eigenvalue weighted by Crippen LogP contribution is 2.30. The summed E-state index contributed by atoms with van der Waals surface area (Å²) < 4.78 is 62.4. The maximum atomic E-state index is 12.8. The lowest BCUT2D eigenvalue weighted by Crippen LogP contribution is -2.42. The zero-order valence-electron chi connectivity index (χ0n) is 14.5. The minimum absolute atomic E-state index is 0.0633. The van der Waals surface area contributed by atoms with Crippen molar-refractivity contribution in [2.45, 2.75) is 35.4 Å². The number of nitrogens with one attached hydrogen (secondary N) is 1. The fourth-order valence-corrected chi connectivity index (χ4v) is 4.50. The monoisotopic (exact) mass is 433 g/mol. The number of alkyl halides is 3. The van der Waals surface area contributed by atoms with Gasteiger partial charge in [0.05, 0.1) is 9.92 Å². The molecule has 0 saturated heterocycles. The van der Waals surface area contributed by atoms with Crippen LogP contribution in [0.3, 0.4) is 0 Å². The molecule has 10 heteroatoms. The number of carbonyl (C=O) groups excluding carboxylic acids is 2. The minimum Gasteiger partial charge on any atom is -0.345 e. The van der Waals surface area contributed by atoms with Crippen LogP contribution >= 0.6 is 11.6 Å². The maximum absolute atomic E-state index is 12.8. The van der Waals surface area contributed by atoms with Gasteiger partial charge in [0.15, 0.2) is 6.29 Å². The predicted octanol–water partition coefficient (Wildman–Crippen LogP) is 3.59.